The largest absolute Gasteiger partial charge is 0.394 e. The van der Waals surface area contributed by atoms with Crippen molar-refractivity contribution < 1.29 is 5.11 Å². The van der Waals surface area contributed by atoms with E-state index in [2.05, 4.69) is 55.5 Å². The first-order chi connectivity index (χ1) is 15.2. The van der Waals surface area contributed by atoms with Crippen molar-refractivity contribution in [3.05, 3.63) is 60.1 Å². The van der Waals surface area contributed by atoms with Gasteiger partial charge in [-0.05, 0) is 17.7 Å². The Labute approximate surface area is 182 Å². The molecule has 4 aromatic heterocycles. The van der Waals surface area contributed by atoms with Gasteiger partial charge in [0.25, 0.3) is 0 Å². The minimum atomic E-state index is 0.0244. The average Bonchev–Trinajstić information content (AvgIpc) is 3.44. The molecule has 9 heteroatoms. The van der Waals surface area contributed by atoms with E-state index in [-0.39, 0.29) is 12.5 Å². The molecule has 0 aliphatic carbocycles. The molecule has 0 spiro atoms. The van der Waals surface area contributed by atoms with Gasteiger partial charge in [-0.3, -0.25) is 0 Å². The van der Waals surface area contributed by atoms with Crippen LogP contribution in [-0.4, -0.2) is 48.0 Å². The lowest BCUT2D eigenvalue weighted by atomic mass is 10.00. The first kappa shape index (κ1) is 19.5. The number of para-hydroxylation sites is 1. The molecule has 5 rings (SSSR count). The fourth-order valence-electron chi connectivity index (χ4n) is 3.66. The Morgan fingerprint density at radius 2 is 2.06 bits per heavy atom. The zero-order valence-corrected chi connectivity index (χ0v) is 17.8. The third kappa shape index (κ3) is 3.85. The van der Waals surface area contributed by atoms with Crippen LogP contribution in [0.3, 0.4) is 0 Å². The molecule has 1 aromatic carbocycles. The molecular weight excluding hydrogens is 410 g/mol. The van der Waals surface area contributed by atoms with Crippen molar-refractivity contribution in [2.75, 3.05) is 18.5 Å². The lowest BCUT2D eigenvalue weighted by Gasteiger charge is -2.14. The molecule has 156 valence electrons. The quantitative estimate of drug-likeness (QED) is 0.405. The molecular formula is C22H21N7OS. The van der Waals surface area contributed by atoms with Crippen LogP contribution in [0.1, 0.15) is 18.4 Å². The minimum absolute atomic E-state index is 0.0244. The number of aliphatic hydroxyl groups excluding tert-OH is 1. The van der Waals surface area contributed by atoms with E-state index in [1.807, 2.05) is 17.6 Å². The summed E-state index contributed by atoms with van der Waals surface area (Å²) in [5.74, 6) is 1.04. The van der Waals surface area contributed by atoms with Gasteiger partial charge in [0.05, 0.1) is 40.8 Å². The van der Waals surface area contributed by atoms with Crippen LogP contribution in [0.25, 0.3) is 32.5 Å². The summed E-state index contributed by atoms with van der Waals surface area (Å²) >= 11 is 1.66. The molecule has 0 radical (unpaired) electrons. The second-order valence-corrected chi connectivity index (χ2v) is 8.23. The molecule has 2 N–H and O–H groups in total. The summed E-state index contributed by atoms with van der Waals surface area (Å²) in [6, 6.07) is 10.3. The summed E-state index contributed by atoms with van der Waals surface area (Å²) in [5, 5.41) is 17.8. The van der Waals surface area contributed by atoms with Crippen molar-refractivity contribution in [3.8, 4) is 11.3 Å². The number of anilines is 1. The van der Waals surface area contributed by atoms with Crippen molar-refractivity contribution in [2.45, 2.75) is 19.4 Å². The normalized spacial score (nSPS) is 12.5. The van der Waals surface area contributed by atoms with Gasteiger partial charge in [0.1, 0.15) is 12.1 Å². The molecule has 4 heterocycles. The Morgan fingerprint density at radius 1 is 1.13 bits per heavy atom. The van der Waals surface area contributed by atoms with Crippen LogP contribution < -0.4 is 5.32 Å². The van der Waals surface area contributed by atoms with Gasteiger partial charge in [0, 0.05) is 35.7 Å². The Bertz CT molecular complexity index is 1350. The number of hydrogen-bond donors (Lipinski definition) is 2. The summed E-state index contributed by atoms with van der Waals surface area (Å²) in [6.07, 6.45) is 5.08. The van der Waals surface area contributed by atoms with Crippen molar-refractivity contribution in [3.63, 3.8) is 0 Å². The maximum absolute atomic E-state index is 9.15. The number of nitrogens with one attached hydrogen (secondary N) is 1. The van der Waals surface area contributed by atoms with Crippen LogP contribution in [0.15, 0.2) is 54.6 Å². The van der Waals surface area contributed by atoms with Crippen LogP contribution in [0, 0.1) is 0 Å². The first-order valence-electron chi connectivity index (χ1n) is 10.0. The Balaban J connectivity index is 1.34. The molecule has 1 atom stereocenters. The van der Waals surface area contributed by atoms with Crippen LogP contribution in [0.2, 0.25) is 0 Å². The van der Waals surface area contributed by atoms with E-state index in [0.29, 0.717) is 6.54 Å². The molecule has 31 heavy (non-hydrogen) atoms. The van der Waals surface area contributed by atoms with Gasteiger partial charge in [0.15, 0.2) is 5.65 Å². The average molecular weight is 432 g/mol. The Hall–Kier alpha value is -3.43. The van der Waals surface area contributed by atoms with E-state index in [0.717, 1.165) is 40.2 Å². The predicted molar refractivity (Wildman–Crippen MR) is 122 cm³/mol. The predicted octanol–water partition coefficient (Wildman–Crippen LogP) is 3.71. The molecule has 0 saturated heterocycles. The van der Waals surface area contributed by atoms with Gasteiger partial charge in [-0.2, -0.15) is 5.10 Å². The molecule has 8 nitrogen and oxygen atoms in total. The van der Waals surface area contributed by atoms with Crippen molar-refractivity contribution in [1.82, 2.24) is 29.7 Å². The third-order valence-corrected chi connectivity index (χ3v) is 6.06. The highest BCUT2D eigenvalue weighted by Gasteiger charge is 2.12. The number of rotatable bonds is 7. The minimum Gasteiger partial charge on any atom is -0.394 e. The fraction of sp³-hybridized carbons (Fsp3) is 0.227. The maximum atomic E-state index is 9.15. The van der Waals surface area contributed by atoms with Gasteiger partial charge in [-0.1, -0.05) is 19.1 Å². The zero-order chi connectivity index (χ0) is 21.2. The lowest BCUT2D eigenvalue weighted by molar-refractivity contribution is 0.271. The number of aromatic nitrogens is 6. The number of pyridine rings is 1. The summed E-state index contributed by atoms with van der Waals surface area (Å²) in [4.78, 5) is 17.8. The maximum Gasteiger partial charge on any atom is 0.157 e. The van der Waals surface area contributed by atoms with E-state index < -0.39 is 0 Å². The molecule has 0 bridgehead atoms. The van der Waals surface area contributed by atoms with Gasteiger partial charge < -0.3 is 10.4 Å². The summed E-state index contributed by atoms with van der Waals surface area (Å²) in [5.41, 5.74) is 6.62. The number of hydrogen-bond acceptors (Lipinski definition) is 8. The zero-order valence-electron chi connectivity index (χ0n) is 16.9. The second-order valence-electron chi connectivity index (χ2n) is 7.34. The van der Waals surface area contributed by atoms with Crippen molar-refractivity contribution in [1.29, 1.82) is 0 Å². The molecule has 0 saturated carbocycles. The number of aliphatic hydroxyl groups is 1. The summed E-state index contributed by atoms with van der Waals surface area (Å²) < 4.78 is 2.90. The van der Waals surface area contributed by atoms with E-state index in [4.69, 9.17) is 5.11 Å². The van der Waals surface area contributed by atoms with E-state index in [9.17, 15) is 0 Å². The molecule has 0 aliphatic heterocycles. The van der Waals surface area contributed by atoms with Crippen molar-refractivity contribution in [2.24, 2.45) is 0 Å². The molecule has 1 unspecified atom stereocenters. The van der Waals surface area contributed by atoms with E-state index >= 15 is 0 Å². The summed E-state index contributed by atoms with van der Waals surface area (Å²) in [7, 11) is 0. The van der Waals surface area contributed by atoms with Gasteiger partial charge in [-0.25, -0.2) is 24.6 Å². The topological polar surface area (TPSA) is 102 Å². The van der Waals surface area contributed by atoms with Gasteiger partial charge in [-0.15, -0.1) is 11.3 Å². The molecule has 0 amide bonds. The Morgan fingerprint density at radius 3 is 2.97 bits per heavy atom. The van der Waals surface area contributed by atoms with Crippen LogP contribution in [0.4, 0.5) is 5.82 Å². The third-order valence-electron chi connectivity index (χ3n) is 5.26. The van der Waals surface area contributed by atoms with E-state index in [1.54, 1.807) is 34.7 Å². The number of thiazole rings is 1. The fourth-order valence-corrected chi connectivity index (χ4v) is 4.37. The SMILES string of the molecule is CC(CNc1cc(-c2cnc3c(cnn3CCO)c2)ncn1)c1cccc2scnc12. The van der Waals surface area contributed by atoms with Crippen LogP contribution in [0.5, 0.6) is 0 Å². The van der Waals surface area contributed by atoms with Gasteiger partial charge >= 0.3 is 0 Å². The Kier molecular flexibility index (Phi) is 5.27. The highest BCUT2D eigenvalue weighted by Crippen LogP contribution is 2.27. The van der Waals surface area contributed by atoms with Crippen LogP contribution >= 0.6 is 11.3 Å². The summed E-state index contributed by atoms with van der Waals surface area (Å²) in [6.45, 7) is 3.37. The molecule has 0 aliphatic rings. The number of benzene rings is 1. The molecule has 0 fully saturated rings. The first-order valence-corrected chi connectivity index (χ1v) is 10.9. The second kappa shape index (κ2) is 8.37. The highest BCUT2D eigenvalue weighted by molar-refractivity contribution is 7.16. The standard InChI is InChI=1S/C22H21N7OS/c1-14(17-3-2-4-19-21(17)27-13-31-19)9-23-20-8-18(25-12-26-20)15-7-16-11-28-29(5-6-30)22(16)24-10-15/h2-4,7-8,10-14,30H,5-6,9H2,1H3,(H,23,25,26). The van der Waals surface area contributed by atoms with Crippen LogP contribution in [-0.2, 0) is 6.54 Å². The monoisotopic (exact) mass is 431 g/mol. The molecule has 5 aromatic rings. The number of nitrogens with zero attached hydrogens (tertiary/aromatic N) is 6. The van der Waals surface area contributed by atoms with Gasteiger partial charge in [0.2, 0.25) is 0 Å². The smallest absolute Gasteiger partial charge is 0.157 e. The van der Waals surface area contributed by atoms with E-state index in [1.165, 1.54) is 10.3 Å². The van der Waals surface area contributed by atoms with Crippen molar-refractivity contribution >= 4 is 38.4 Å². The lowest BCUT2D eigenvalue weighted by Crippen LogP contribution is -2.11. The highest BCUT2D eigenvalue weighted by atomic mass is 32.1. The number of fused-ring (bicyclic) bond motifs is 2.